The van der Waals surface area contributed by atoms with Gasteiger partial charge in [-0.05, 0) is 23.3 Å². The summed E-state index contributed by atoms with van der Waals surface area (Å²) >= 11 is 1.89. The van der Waals surface area contributed by atoms with E-state index in [1.807, 2.05) is 11.3 Å². The summed E-state index contributed by atoms with van der Waals surface area (Å²) in [6.07, 6.45) is 0. The molecule has 2 heteroatoms. The van der Waals surface area contributed by atoms with Gasteiger partial charge in [0.05, 0.1) is 10.4 Å². The van der Waals surface area contributed by atoms with Crippen molar-refractivity contribution in [2.45, 2.75) is 19.3 Å². The second kappa shape index (κ2) is 4.36. The van der Waals surface area contributed by atoms with E-state index in [2.05, 4.69) is 79.8 Å². The van der Waals surface area contributed by atoms with Crippen LogP contribution in [0.2, 0.25) is 0 Å². The average molecular weight is 315 g/mol. The van der Waals surface area contributed by atoms with E-state index in [9.17, 15) is 0 Å². The third kappa shape index (κ3) is 1.67. The maximum Gasteiger partial charge on any atom is 0.0607 e. The lowest BCUT2D eigenvalue weighted by Gasteiger charge is -2.35. The highest BCUT2D eigenvalue weighted by Crippen LogP contribution is 2.50. The van der Waals surface area contributed by atoms with Crippen LogP contribution in [-0.4, -0.2) is 0 Å². The molecule has 23 heavy (non-hydrogen) atoms. The molecule has 1 aliphatic rings. The van der Waals surface area contributed by atoms with Crippen LogP contribution >= 0.6 is 11.3 Å². The highest BCUT2D eigenvalue weighted by Gasteiger charge is 2.33. The minimum Gasteiger partial charge on any atom is -0.354 e. The number of hydrogen-bond acceptors (Lipinski definition) is 2. The first-order chi connectivity index (χ1) is 11.2. The van der Waals surface area contributed by atoms with Crippen molar-refractivity contribution in [2.24, 2.45) is 0 Å². The average Bonchev–Trinajstić information content (AvgIpc) is 2.94. The standard InChI is InChI=1S/C21H17NS/c1-21(2)15-8-4-5-9-17(15)22-19-16(21)12-11-14-13-7-3-6-10-18(13)23-20(14)19/h3-12,22H,1-2H3. The van der Waals surface area contributed by atoms with E-state index in [1.165, 1.54) is 42.7 Å². The molecule has 4 aromatic rings. The van der Waals surface area contributed by atoms with Crippen LogP contribution in [-0.2, 0) is 5.41 Å². The molecule has 5 rings (SSSR count). The first kappa shape index (κ1) is 13.1. The van der Waals surface area contributed by atoms with Crippen LogP contribution in [0, 0.1) is 0 Å². The first-order valence-electron chi connectivity index (χ1n) is 7.97. The quantitative estimate of drug-likeness (QED) is 0.394. The Morgan fingerprint density at radius 1 is 0.783 bits per heavy atom. The molecule has 0 spiro atoms. The SMILES string of the molecule is CC1(C)c2ccccc2Nc2c1ccc1c2sc2ccccc21. The number of rotatable bonds is 0. The maximum absolute atomic E-state index is 3.71. The van der Waals surface area contributed by atoms with E-state index in [1.54, 1.807) is 0 Å². The van der Waals surface area contributed by atoms with Crippen LogP contribution in [0.25, 0.3) is 20.2 Å². The summed E-state index contributed by atoms with van der Waals surface area (Å²) in [5, 5.41) is 6.42. The molecule has 0 radical (unpaired) electrons. The van der Waals surface area contributed by atoms with E-state index in [0.717, 1.165) is 0 Å². The van der Waals surface area contributed by atoms with Crippen molar-refractivity contribution in [3.8, 4) is 0 Å². The van der Waals surface area contributed by atoms with Gasteiger partial charge < -0.3 is 5.32 Å². The molecular formula is C21H17NS. The van der Waals surface area contributed by atoms with E-state index in [4.69, 9.17) is 0 Å². The number of fused-ring (bicyclic) bond motifs is 6. The normalized spacial score (nSPS) is 15.2. The van der Waals surface area contributed by atoms with Gasteiger partial charge in [0.25, 0.3) is 0 Å². The van der Waals surface area contributed by atoms with Crippen LogP contribution in [0.1, 0.15) is 25.0 Å². The monoisotopic (exact) mass is 315 g/mol. The molecule has 1 N–H and O–H groups in total. The Balaban J connectivity index is 1.89. The molecule has 1 aliphatic heterocycles. The summed E-state index contributed by atoms with van der Waals surface area (Å²) in [6, 6.07) is 22.0. The van der Waals surface area contributed by atoms with E-state index < -0.39 is 0 Å². The zero-order valence-electron chi connectivity index (χ0n) is 13.2. The van der Waals surface area contributed by atoms with Crippen LogP contribution < -0.4 is 5.32 Å². The van der Waals surface area contributed by atoms with Crippen molar-refractivity contribution >= 4 is 42.9 Å². The van der Waals surface area contributed by atoms with Gasteiger partial charge in [-0.2, -0.15) is 0 Å². The number of para-hydroxylation sites is 1. The molecule has 2 heterocycles. The van der Waals surface area contributed by atoms with Crippen LogP contribution in [0.3, 0.4) is 0 Å². The van der Waals surface area contributed by atoms with Crippen molar-refractivity contribution in [2.75, 3.05) is 5.32 Å². The number of benzene rings is 3. The van der Waals surface area contributed by atoms with Crippen molar-refractivity contribution in [1.82, 2.24) is 0 Å². The Morgan fingerprint density at radius 3 is 2.48 bits per heavy atom. The topological polar surface area (TPSA) is 12.0 Å². The Hall–Kier alpha value is -2.32. The fraction of sp³-hybridized carbons (Fsp3) is 0.143. The summed E-state index contributed by atoms with van der Waals surface area (Å²) in [7, 11) is 0. The molecule has 0 aliphatic carbocycles. The zero-order valence-corrected chi connectivity index (χ0v) is 14.0. The van der Waals surface area contributed by atoms with E-state index >= 15 is 0 Å². The van der Waals surface area contributed by atoms with Crippen LogP contribution in [0.5, 0.6) is 0 Å². The molecule has 112 valence electrons. The Labute approximate surface area is 139 Å². The Kier molecular flexibility index (Phi) is 2.49. The predicted molar refractivity (Wildman–Crippen MR) is 101 cm³/mol. The van der Waals surface area contributed by atoms with Crippen LogP contribution in [0.4, 0.5) is 11.4 Å². The molecule has 0 fully saturated rings. The van der Waals surface area contributed by atoms with Gasteiger partial charge in [0, 0.05) is 26.6 Å². The summed E-state index contributed by atoms with van der Waals surface area (Å²) in [6.45, 7) is 4.65. The zero-order chi connectivity index (χ0) is 15.6. The molecule has 0 unspecified atom stereocenters. The van der Waals surface area contributed by atoms with Gasteiger partial charge in [0.15, 0.2) is 0 Å². The molecule has 3 aromatic carbocycles. The molecule has 0 atom stereocenters. The molecule has 0 saturated heterocycles. The minimum absolute atomic E-state index is 0.0154. The van der Waals surface area contributed by atoms with Crippen LogP contribution in [0.15, 0.2) is 60.7 Å². The summed E-state index contributed by atoms with van der Waals surface area (Å²) in [5.74, 6) is 0. The Bertz CT molecular complexity index is 1070. The fourth-order valence-corrected chi connectivity index (χ4v) is 5.06. The predicted octanol–water partition coefficient (Wildman–Crippen LogP) is 6.44. The lowest BCUT2D eigenvalue weighted by Crippen LogP contribution is -2.25. The number of hydrogen-bond donors (Lipinski definition) is 1. The van der Waals surface area contributed by atoms with E-state index in [-0.39, 0.29) is 5.41 Å². The largest absolute Gasteiger partial charge is 0.354 e. The van der Waals surface area contributed by atoms with Crippen molar-refractivity contribution in [3.05, 3.63) is 71.8 Å². The number of thiophene rings is 1. The van der Waals surface area contributed by atoms with Crippen molar-refractivity contribution < 1.29 is 0 Å². The molecule has 0 bridgehead atoms. The first-order valence-corrected chi connectivity index (χ1v) is 8.79. The highest BCUT2D eigenvalue weighted by molar-refractivity contribution is 7.26. The van der Waals surface area contributed by atoms with Gasteiger partial charge in [-0.25, -0.2) is 0 Å². The molecule has 1 nitrogen and oxygen atoms in total. The summed E-state index contributed by atoms with van der Waals surface area (Å²) in [5.41, 5.74) is 5.28. The second-order valence-corrected chi connectivity index (χ2v) is 7.81. The second-order valence-electron chi connectivity index (χ2n) is 6.76. The third-order valence-corrected chi connectivity index (χ3v) is 6.28. The van der Waals surface area contributed by atoms with Gasteiger partial charge in [-0.1, -0.05) is 62.4 Å². The number of nitrogens with one attached hydrogen (secondary N) is 1. The molecule has 1 aromatic heterocycles. The lowest BCUT2D eigenvalue weighted by atomic mass is 9.74. The smallest absolute Gasteiger partial charge is 0.0607 e. The summed E-state index contributed by atoms with van der Waals surface area (Å²) in [4.78, 5) is 0. The minimum atomic E-state index is 0.0154. The van der Waals surface area contributed by atoms with Gasteiger partial charge in [0.1, 0.15) is 0 Å². The highest BCUT2D eigenvalue weighted by atomic mass is 32.1. The fourth-order valence-electron chi connectivity index (χ4n) is 3.85. The molecular weight excluding hydrogens is 298 g/mol. The maximum atomic E-state index is 3.71. The van der Waals surface area contributed by atoms with Gasteiger partial charge in [-0.15, -0.1) is 11.3 Å². The van der Waals surface area contributed by atoms with Gasteiger partial charge in [0.2, 0.25) is 0 Å². The van der Waals surface area contributed by atoms with Gasteiger partial charge in [-0.3, -0.25) is 0 Å². The van der Waals surface area contributed by atoms with Crippen molar-refractivity contribution in [3.63, 3.8) is 0 Å². The Morgan fingerprint density at radius 2 is 1.57 bits per heavy atom. The lowest BCUT2D eigenvalue weighted by molar-refractivity contribution is 0.639. The molecule has 0 saturated carbocycles. The van der Waals surface area contributed by atoms with Crippen molar-refractivity contribution in [1.29, 1.82) is 0 Å². The third-order valence-electron chi connectivity index (χ3n) is 5.08. The summed E-state index contributed by atoms with van der Waals surface area (Å²) < 4.78 is 2.72. The van der Waals surface area contributed by atoms with Gasteiger partial charge >= 0.3 is 0 Å². The van der Waals surface area contributed by atoms with E-state index in [0.29, 0.717) is 0 Å². The molecule has 0 amide bonds. The number of anilines is 2.